The number of nitrogens with zero attached hydrogens (tertiary/aromatic N) is 2. The van der Waals surface area contributed by atoms with E-state index in [1.807, 2.05) is 6.92 Å². The largest absolute Gasteiger partial charge is 0.392 e. The van der Waals surface area contributed by atoms with Gasteiger partial charge in [0.2, 0.25) is 5.13 Å². The summed E-state index contributed by atoms with van der Waals surface area (Å²) in [7, 11) is 0. The molecule has 0 bridgehead atoms. The van der Waals surface area contributed by atoms with Crippen molar-refractivity contribution >= 4 is 16.7 Å². The van der Waals surface area contributed by atoms with E-state index in [2.05, 4.69) is 28.5 Å². The number of anilines is 1. The summed E-state index contributed by atoms with van der Waals surface area (Å²) in [6.07, 6.45) is 0.597. The van der Waals surface area contributed by atoms with E-state index in [0.717, 1.165) is 17.4 Å². The van der Waals surface area contributed by atoms with Gasteiger partial charge in [-0.05, 0) is 13.3 Å². The quantitative estimate of drug-likeness (QED) is 0.780. The number of rotatable bonds is 2. The molecule has 2 unspecified atom stereocenters. The molecule has 4 nitrogen and oxygen atoms in total. The molecule has 1 fully saturated rings. The highest BCUT2D eigenvalue weighted by Crippen LogP contribution is 2.42. The van der Waals surface area contributed by atoms with Crippen LogP contribution >= 0.6 is 11.5 Å². The van der Waals surface area contributed by atoms with Crippen LogP contribution in [0.2, 0.25) is 0 Å². The van der Waals surface area contributed by atoms with Gasteiger partial charge >= 0.3 is 0 Å². The first-order valence-corrected chi connectivity index (χ1v) is 5.52. The van der Waals surface area contributed by atoms with Gasteiger partial charge in [0.05, 0.1) is 6.10 Å². The smallest absolute Gasteiger partial charge is 0.202 e. The van der Waals surface area contributed by atoms with E-state index in [0.29, 0.717) is 6.04 Å². The highest BCUT2D eigenvalue weighted by atomic mass is 32.1. The fourth-order valence-corrected chi connectivity index (χ4v) is 2.28. The van der Waals surface area contributed by atoms with Crippen LogP contribution in [0, 0.1) is 12.3 Å². The Labute approximate surface area is 87.5 Å². The van der Waals surface area contributed by atoms with Crippen LogP contribution in [0.4, 0.5) is 5.13 Å². The molecule has 1 aromatic heterocycles. The Balaban J connectivity index is 2.00. The topological polar surface area (TPSA) is 58.0 Å². The number of aliphatic hydroxyl groups is 1. The van der Waals surface area contributed by atoms with Crippen LogP contribution in [0.25, 0.3) is 0 Å². The third-order valence-corrected chi connectivity index (χ3v) is 3.78. The van der Waals surface area contributed by atoms with Gasteiger partial charge in [0.1, 0.15) is 5.82 Å². The van der Waals surface area contributed by atoms with E-state index in [4.69, 9.17) is 0 Å². The van der Waals surface area contributed by atoms with Crippen molar-refractivity contribution in [3.05, 3.63) is 5.82 Å². The number of aromatic nitrogens is 2. The second-order valence-corrected chi connectivity index (χ2v) is 5.17. The lowest BCUT2D eigenvalue weighted by molar-refractivity contribution is -0.0510. The minimum atomic E-state index is -0.200. The minimum absolute atomic E-state index is 0.0560. The van der Waals surface area contributed by atoms with E-state index in [9.17, 15) is 5.11 Å². The van der Waals surface area contributed by atoms with Crippen molar-refractivity contribution in [3.8, 4) is 0 Å². The summed E-state index contributed by atoms with van der Waals surface area (Å²) in [5, 5.41) is 13.7. The zero-order valence-corrected chi connectivity index (χ0v) is 9.43. The lowest BCUT2D eigenvalue weighted by Crippen LogP contribution is -2.56. The van der Waals surface area contributed by atoms with Gasteiger partial charge in [0, 0.05) is 23.0 Å². The number of hydrogen-bond acceptors (Lipinski definition) is 5. The molecule has 1 aliphatic carbocycles. The van der Waals surface area contributed by atoms with Gasteiger partial charge in [-0.15, -0.1) is 0 Å². The van der Waals surface area contributed by atoms with Gasteiger partial charge in [-0.1, -0.05) is 13.8 Å². The first-order chi connectivity index (χ1) is 6.50. The van der Waals surface area contributed by atoms with Crippen LogP contribution < -0.4 is 5.32 Å². The van der Waals surface area contributed by atoms with E-state index >= 15 is 0 Å². The first-order valence-electron chi connectivity index (χ1n) is 4.75. The average molecular weight is 213 g/mol. The molecule has 0 aliphatic heterocycles. The van der Waals surface area contributed by atoms with Crippen LogP contribution in [0.15, 0.2) is 0 Å². The predicted molar refractivity (Wildman–Crippen MR) is 56.5 cm³/mol. The van der Waals surface area contributed by atoms with Crippen LogP contribution in [-0.4, -0.2) is 26.6 Å². The molecule has 0 spiro atoms. The van der Waals surface area contributed by atoms with E-state index < -0.39 is 0 Å². The van der Waals surface area contributed by atoms with Crippen molar-refractivity contribution in [3.63, 3.8) is 0 Å². The average Bonchev–Trinajstić information content (AvgIpc) is 2.51. The summed E-state index contributed by atoms with van der Waals surface area (Å²) in [4.78, 5) is 4.24. The van der Waals surface area contributed by atoms with E-state index in [-0.39, 0.29) is 11.5 Å². The third kappa shape index (κ3) is 1.50. The highest BCUT2D eigenvalue weighted by molar-refractivity contribution is 7.09. The Hall–Kier alpha value is -0.680. The molecular formula is C9H15N3OS. The number of aliphatic hydroxyl groups excluding tert-OH is 1. The molecule has 1 heterocycles. The van der Waals surface area contributed by atoms with Crippen LogP contribution in [0.3, 0.4) is 0 Å². The SMILES string of the molecule is Cc1nsc(NC2CC(O)C2(C)C)n1. The Morgan fingerprint density at radius 2 is 2.29 bits per heavy atom. The molecule has 1 saturated carbocycles. The maximum absolute atomic E-state index is 9.56. The van der Waals surface area contributed by atoms with Gasteiger partial charge in [-0.2, -0.15) is 4.37 Å². The molecule has 14 heavy (non-hydrogen) atoms. The molecule has 1 aliphatic rings. The summed E-state index contributed by atoms with van der Waals surface area (Å²) in [5.41, 5.74) is -0.0560. The second kappa shape index (κ2) is 3.17. The predicted octanol–water partition coefficient (Wildman–Crippen LogP) is 1.42. The van der Waals surface area contributed by atoms with Crippen molar-refractivity contribution in [1.29, 1.82) is 0 Å². The van der Waals surface area contributed by atoms with Crippen LogP contribution in [-0.2, 0) is 0 Å². The first kappa shape index (κ1) is 9.86. The normalized spacial score (nSPS) is 29.7. The molecule has 0 radical (unpaired) electrons. The minimum Gasteiger partial charge on any atom is -0.392 e. The standard InChI is InChI=1S/C9H15N3OS/c1-5-10-8(14-12-5)11-6-4-7(13)9(6,2)3/h6-7,13H,4H2,1-3H3,(H,10,11,12). The van der Waals surface area contributed by atoms with Gasteiger partial charge in [0.25, 0.3) is 0 Å². The Morgan fingerprint density at radius 1 is 1.57 bits per heavy atom. The molecule has 5 heteroatoms. The van der Waals surface area contributed by atoms with Crippen LogP contribution in [0.5, 0.6) is 0 Å². The van der Waals surface area contributed by atoms with Gasteiger partial charge in [-0.25, -0.2) is 4.98 Å². The Morgan fingerprint density at radius 3 is 2.71 bits per heavy atom. The van der Waals surface area contributed by atoms with Crippen molar-refractivity contribution in [2.24, 2.45) is 5.41 Å². The fraction of sp³-hybridized carbons (Fsp3) is 0.778. The monoisotopic (exact) mass is 213 g/mol. The van der Waals surface area contributed by atoms with Crippen molar-refractivity contribution in [1.82, 2.24) is 9.36 Å². The fourth-order valence-electron chi connectivity index (χ4n) is 1.65. The summed E-state index contributed by atoms with van der Waals surface area (Å²) < 4.78 is 4.10. The van der Waals surface area contributed by atoms with Crippen molar-refractivity contribution in [2.45, 2.75) is 39.3 Å². The molecule has 2 rings (SSSR count). The number of nitrogens with one attached hydrogen (secondary N) is 1. The lowest BCUT2D eigenvalue weighted by atomic mass is 9.65. The molecule has 1 aromatic rings. The van der Waals surface area contributed by atoms with Crippen molar-refractivity contribution < 1.29 is 5.11 Å². The Kier molecular flexibility index (Phi) is 2.23. The molecule has 78 valence electrons. The summed E-state index contributed by atoms with van der Waals surface area (Å²) in [5.74, 6) is 0.801. The second-order valence-electron chi connectivity index (χ2n) is 4.42. The highest BCUT2D eigenvalue weighted by Gasteiger charge is 2.47. The number of hydrogen-bond donors (Lipinski definition) is 2. The number of aryl methyl sites for hydroxylation is 1. The summed E-state index contributed by atoms with van der Waals surface area (Å²) in [6.45, 7) is 6.00. The lowest BCUT2D eigenvalue weighted by Gasteiger charge is -2.49. The van der Waals surface area contributed by atoms with E-state index in [1.54, 1.807) is 0 Å². The molecule has 0 aromatic carbocycles. The zero-order valence-electron chi connectivity index (χ0n) is 8.61. The molecular weight excluding hydrogens is 198 g/mol. The maximum atomic E-state index is 9.56. The Bertz CT molecular complexity index is 337. The maximum Gasteiger partial charge on any atom is 0.202 e. The zero-order chi connectivity index (χ0) is 10.3. The van der Waals surface area contributed by atoms with Crippen molar-refractivity contribution in [2.75, 3.05) is 5.32 Å². The van der Waals surface area contributed by atoms with Gasteiger partial charge in [-0.3, -0.25) is 0 Å². The van der Waals surface area contributed by atoms with Crippen LogP contribution in [0.1, 0.15) is 26.1 Å². The molecule has 2 N–H and O–H groups in total. The molecule has 0 saturated heterocycles. The summed E-state index contributed by atoms with van der Waals surface area (Å²) in [6, 6.07) is 0.310. The van der Waals surface area contributed by atoms with Gasteiger partial charge in [0.15, 0.2) is 0 Å². The molecule has 2 atom stereocenters. The third-order valence-electron chi connectivity index (χ3n) is 3.04. The summed E-state index contributed by atoms with van der Waals surface area (Å²) >= 11 is 1.38. The van der Waals surface area contributed by atoms with E-state index in [1.165, 1.54) is 11.5 Å². The van der Waals surface area contributed by atoms with Gasteiger partial charge < -0.3 is 10.4 Å². The molecule has 0 amide bonds.